The smallest absolute Gasteiger partial charge is 0.331 e. The molecule has 2 aromatic carbocycles. The van der Waals surface area contributed by atoms with Gasteiger partial charge in [-0.25, -0.2) is 4.79 Å². The number of hydrogen-bond acceptors (Lipinski definition) is 5. The predicted molar refractivity (Wildman–Crippen MR) is 116 cm³/mol. The second-order valence-electron chi connectivity index (χ2n) is 7.01. The van der Waals surface area contributed by atoms with Crippen molar-refractivity contribution in [3.63, 3.8) is 0 Å². The van der Waals surface area contributed by atoms with Gasteiger partial charge in [0.25, 0.3) is 0 Å². The van der Waals surface area contributed by atoms with Crippen molar-refractivity contribution in [2.24, 2.45) is 5.92 Å². The number of rotatable bonds is 7. The molecule has 0 aliphatic rings. The number of nitrogens with one attached hydrogen (secondary N) is 1. The molecule has 152 valence electrons. The number of nitrogens with zero attached hydrogens (tertiary/aromatic N) is 1. The van der Waals surface area contributed by atoms with Crippen molar-refractivity contribution >= 4 is 40.3 Å². The highest BCUT2D eigenvalue weighted by Crippen LogP contribution is 2.17. The van der Waals surface area contributed by atoms with Crippen LogP contribution in [0.4, 0.5) is 5.69 Å². The molecule has 0 saturated carbocycles. The molecular weight excluding hydrogens is 380 g/mol. The van der Waals surface area contributed by atoms with E-state index in [4.69, 9.17) is 4.74 Å². The highest BCUT2D eigenvalue weighted by atomic mass is 16.5. The summed E-state index contributed by atoms with van der Waals surface area (Å²) < 4.78 is 5.05. The van der Waals surface area contributed by atoms with E-state index in [-0.39, 0.29) is 24.2 Å². The van der Waals surface area contributed by atoms with Crippen LogP contribution in [0, 0.1) is 5.92 Å². The normalized spacial score (nSPS) is 11.0. The number of benzene rings is 2. The highest BCUT2D eigenvalue weighted by molar-refractivity contribution is 6.00. The van der Waals surface area contributed by atoms with E-state index in [1.165, 1.54) is 6.08 Å². The largest absolute Gasteiger partial charge is 0.454 e. The lowest BCUT2D eigenvalue weighted by Crippen LogP contribution is -2.18. The number of carbonyl (C=O) groups is 3. The van der Waals surface area contributed by atoms with Crippen LogP contribution in [0.1, 0.15) is 29.8 Å². The van der Waals surface area contributed by atoms with Crippen LogP contribution in [0.5, 0.6) is 0 Å². The van der Waals surface area contributed by atoms with E-state index < -0.39 is 5.97 Å². The maximum absolute atomic E-state index is 12.2. The van der Waals surface area contributed by atoms with Crippen LogP contribution < -0.4 is 5.32 Å². The second kappa shape index (κ2) is 9.60. The summed E-state index contributed by atoms with van der Waals surface area (Å²) in [5.74, 6) is -1.18. The number of ketones is 1. The zero-order chi connectivity index (χ0) is 21.5. The van der Waals surface area contributed by atoms with Gasteiger partial charge in [0.15, 0.2) is 12.4 Å². The van der Waals surface area contributed by atoms with Crippen LogP contribution >= 0.6 is 0 Å². The number of ether oxygens (including phenoxy) is 1. The Balaban J connectivity index is 1.56. The molecule has 0 unspecified atom stereocenters. The number of para-hydroxylation sites is 1. The van der Waals surface area contributed by atoms with Gasteiger partial charge in [0.1, 0.15) is 0 Å². The number of fused-ring (bicyclic) bond motifs is 1. The van der Waals surface area contributed by atoms with Crippen LogP contribution in [0.15, 0.2) is 66.9 Å². The van der Waals surface area contributed by atoms with E-state index in [1.54, 1.807) is 50.4 Å². The zero-order valence-corrected chi connectivity index (χ0v) is 16.8. The summed E-state index contributed by atoms with van der Waals surface area (Å²) in [4.78, 5) is 40.3. The Hall–Kier alpha value is -3.80. The molecule has 0 atom stereocenters. The first-order valence-electron chi connectivity index (χ1n) is 9.57. The standard InChI is InChI=1S/C24H22N2O4/c1-16(2)24(29)26-20-11-8-17(9-12-20)21(27)15-30-22(28)13-10-19-6-3-5-18-7-4-14-25-23(18)19/h3-14,16H,15H2,1-2H3,(H,26,29). The molecule has 3 aromatic rings. The maximum Gasteiger partial charge on any atom is 0.331 e. The summed E-state index contributed by atoms with van der Waals surface area (Å²) in [6.45, 7) is 3.23. The Morgan fingerprint density at radius 1 is 1.03 bits per heavy atom. The number of pyridine rings is 1. The van der Waals surface area contributed by atoms with Gasteiger partial charge in [0.2, 0.25) is 5.91 Å². The van der Waals surface area contributed by atoms with E-state index in [1.807, 2.05) is 30.3 Å². The van der Waals surface area contributed by atoms with E-state index in [2.05, 4.69) is 10.3 Å². The minimum Gasteiger partial charge on any atom is -0.454 e. The number of Topliss-reactive ketones (excluding diaryl/α,β-unsaturated/α-hetero) is 1. The molecule has 0 saturated heterocycles. The highest BCUT2D eigenvalue weighted by Gasteiger charge is 2.10. The Morgan fingerprint density at radius 2 is 1.77 bits per heavy atom. The van der Waals surface area contributed by atoms with Gasteiger partial charge in [0.05, 0.1) is 5.52 Å². The third kappa shape index (κ3) is 5.38. The van der Waals surface area contributed by atoms with E-state index in [0.29, 0.717) is 11.3 Å². The minimum atomic E-state index is -0.614. The van der Waals surface area contributed by atoms with Crippen molar-refractivity contribution in [3.8, 4) is 0 Å². The molecule has 1 N–H and O–H groups in total. The molecule has 1 heterocycles. The third-order valence-corrected chi connectivity index (χ3v) is 4.41. The molecule has 6 heteroatoms. The number of amides is 1. The number of anilines is 1. The van der Waals surface area contributed by atoms with Gasteiger partial charge < -0.3 is 10.1 Å². The summed E-state index contributed by atoms with van der Waals surface area (Å²) in [6, 6.07) is 15.9. The predicted octanol–water partition coefficient (Wildman–Crippen LogP) is 4.27. The third-order valence-electron chi connectivity index (χ3n) is 4.41. The quantitative estimate of drug-likeness (QED) is 0.362. The van der Waals surface area contributed by atoms with Gasteiger partial charge in [-0.2, -0.15) is 0 Å². The van der Waals surface area contributed by atoms with Crippen LogP contribution in [-0.2, 0) is 14.3 Å². The van der Waals surface area contributed by atoms with Crippen LogP contribution in [0.25, 0.3) is 17.0 Å². The summed E-state index contributed by atoms with van der Waals surface area (Å²) in [7, 11) is 0. The molecule has 6 nitrogen and oxygen atoms in total. The van der Waals surface area contributed by atoms with Crippen molar-refractivity contribution in [2.45, 2.75) is 13.8 Å². The van der Waals surface area contributed by atoms with Gasteiger partial charge >= 0.3 is 5.97 Å². The van der Waals surface area contributed by atoms with Crippen molar-refractivity contribution < 1.29 is 19.1 Å². The van der Waals surface area contributed by atoms with E-state index in [9.17, 15) is 14.4 Å². The fourth-order valence-corrected chi connectivity index (χ4v) is 2.71. The summed E-state index contributed by atoms with van der Waals surface area (Å²) in [5, 5.41) is 3.72. The number of esters is 1. The van der Waals surface area contributed by atoms with E-state index >= 15 is 0 Å². The first kappa shape index (κ1) is 20.9. The molecule has 0 aliphatic carbocycles. The fraction of sp³-hybridized carbons (Fsp3) is 0.167. The molecule has 3 rings (SSSR count). The molecule has 1 amide bonds. The first-order valence-corrected chi connectivity index (χ1v) is 9.57. The topological polar surface area (TPSA) is 85.4 Å². The lowest BCUT2D eigenvalue weighted by Gasteiger charge is -2.08. The molecular formula is C24H22N2O4. The van der Waals surface area contributed by atoms with Crippen molar-refractivity contribution in [3.05, 3.63) is 78.0 Å². The molecule has 30 heavy (non-hydrogen) atoms. The van der Waals surface area contributed by atoms with Gasteiger partial charge in [-0.15, -0.1) is 0 Å². The average molecular weight is 402 g/mol. The maximum atomic E-state index is 12.2. The SMILES string of the molecule is CC(C)C(=O)Nc1ccc(C(=O)COC(=O)C=Cc2cccc3cccnc23)cc1. The monoisotopic (exact) mass is 402 g/mol. The number of carbonyl (C=O) groups excluding carboxylic acids is 3. The van der Waals surface area contributed by atoms with Crippen molar-refractivity contribution in [1.29, 1.82) is 0 Å². The lowest BCUT2D eigenvalue weighted by molar-refractivity contribution is -0.136. The molecule has 0 bridgehead atoms. The van der Waals surface area contributed by atoms with Crippen molar-refractivity contribution in [1.82, 2.24) is 4.98 Å². The fourth-order valence-electron chi connectivity index (χ4n) is 2.71. The molecule has 0 fully saturated rings. The Bertz CT molecular complexity index is 1100. The number of aromatic nitrogens is 1. The second-order valence-corrected chi connectivity index (χ2v) is 7.01. The van der Waals surface area contributed by atoms with Crippen LogP contribution in [-0.4, -0.2) is 29.3 Å². The first-order chi connectivity index (χ1) is 14.4. The Labute approximate surface area is 174 Å². The lowest BCUT2D eigenvalue weighted by atomic mass is 10.1. The van der Waals surface area contributed by atoms with Crippen LogP contribution in [0.3, 0.4) is 0 Å². The Morgan fingerprint density at radius 3 is 2.50 bits per heavy atom. The van der Waals surface area contributed by atoms with Crippen molar-refractivity contribution in [2.75, 3.05) is 11.9 Å². The Kier molecular flexibility index (Phi) is 6.70. The molecule has 0 radical (unpaired) electrons. The van der Waals surface area contributed by atoms with Gasteiger partial charge in [-0.3, -0.25) is 14.6 Å². The average Bonchev–Trinajstić information content (AvgIpc) is 2.76. The van der Waals surface area contributed by atoms with Gasteiger partial charge in [-0.05, 0) is 36.4 Å². The zero-order valence-electron chi connectivity index (χ0n) is 16.8. The summed E-state index contributed by atoms with van der Waals surface area (Å²) in [6.07, 6.45) is 4.59. The van der Waals surface area contributed by atoms with Crippen LogP contribution in [0.2, 0.25) is 0 Å². The van der Waals surface area contributed by atoms with Gasteiger partial charge in [-0.1, -0.05) is 38.1 Å². The minimum absolute atomic E-state index is 0.101. The summed E-state index contributed by atoms with van der Waals surface area (Å²) >= 11 is 0. The van der Waals surface area contributed by atoms with E-state index in [0.717, 1.165) is 16.5 Å². The molecule has 0 spiro atoms. The molecule has 1 aromatic heterocycles. The molecule has 0 aliphatic heterocycles. The summed E-state index contributed by atoms with van der Waals surface area (Å²) in [5.41, 5.74) is 2.57. The van der Waals surface area contributed by atoms with Gasteiger partial charge in [0, 0.05) is 40.4 Å². The number of hydrogen-bond donors (Lipinski definition) is 1.